The van der Waals surface area contributed by atoms with Gasteiger partial charge in [-0.2, -0.15) is 0 Å². The van der Waals surface area contributed by atoms with Crippen LogP contribution in [0.1, 0.15) is 31.4 Å². The van der Waals surface area contributed by atoms with Crippen LogP contribution in [0.25, 0.3) is 0 Å². The summed E-state index contributed by atoms with van der Waals surface area (Å²) in [6.45, 7) is 2.10. The van der Waals surface area contributed by atoms with Crippen molar-refractivity contribution in [3.05, 3.63) is 29.0 Å². The van der Waals surface area contributed by atoms with Crippen LogP contribution in [-0.4, -0.2) is 4.98 Å². The molecule has 0 saturated carbocycles. The Morgan fingerprint density at radius 1 is 1.67 bits per heavy atom. The molecule has 0 fully saturated rings. The van der Waals surface area contributed by atoms with Gasteiger partial charge in [0.25, 0.3) is 0 Å². The quantitative estimate of drug-likeness (QED) is 0.734. The molecule has 0 amide bonds. The van der Waals surface area contributed by atoms with Crippen molar-refractivity contribution in [2.45, 2.75) is 25.8 Å². The van der Waals surface area contributed by atoms with Crippen LogP contribution in [0, 0.1) is 0 Å². The number of aromatic nitrogens is 1. The van der Waals surface area contributed by atoms with Gasteiger partial charge in [-0.15, -0.1) is 0 Å². The summed E-state index contributed by atoms with van der Waals surface area (Å²) in [5, 5.41) is 0.526. The highest BCUT2D eigenvalue weighted by Gasteiger charge is 2.08. The minimum atomic E-state index is 0.0243. The fraction of sp³-hybridized carbons (Fsp3) is 0.444. The van der Waals surface area contributed by atoms with Gasteiger partial charge in [0.15, 0.2) is 0 Å². The lowest BCUT2D eigenvalue weighted by Gasteiger charge is -2.10. The van der Waals surface area contributed by atoms with E-state index in [9.17, 15) is 0 Å². The van der Waals surface area contributed by atoms with E-state index >= 15 is 0 Å². The van der Waals surface area contributed by atoms with Crippen molar-refractivity contribution in [2.75, 3.05) is 0 Å². The van der Waals surface area contributed by atoms with Crippen molar-refractivity contribution < 1.29 is 0 Å². The first-order valence-electron chi connectivity index (χ1n) is 4.11. The lowest BCUT2D eigenvalue weighted by molar-refractivity contribution is 0.636. The second kappa shape index (κ2) is 4.43. The average molecular weight is 185 g/mol. The lowest BCUT2D eigenvalue weighted by atomic mass is 10.1. The van der Waals surface area contributed by atoms with Crippen molar-refractivity contribution in [2.24, 2.45) is 5.73 Å². The maximum atomic E-state index is 5.88. The summed E-state index contributed by atoms with van der Waals surface area (Å²) < 4.78 is 0. The third-order valence-electron chi connectivity index (χ3n) is 1.79. The molecule has 3 heteroatoms. The highest BCUT2D eigenvalue weighted by atomic mass is 35.5. The van der Waals surface area contributed by atoms with Crippen LogP contribution < -0.4 is 5.73 Å². The molecule has 0 bridgehead atoms. The molecule has 0 spiro atoms. The van der Waals surface area contributed by atoms with E-state index in [0.717, 1.165) is 18.4 Å². The number of nitrogens with two attached hydrogens (primary N) is 1. The van der Waals surface area contributed by atoms with E-state index < -0.39 is 0 Å². The van der Waals surface area contributed by atoms with E-state index in [4.69, 9.17) is 17.3 Å². The van der Waals surface area contributed by atoms with Crippen LogP contribution in [0.4, 0.5) is 0 Å². The fourth-order valence-corrected chi connectivity index (χ4v) is 1.40. The number of nitrogens with zero attached hydrogens (tertiary/aromatic N) is 1. The molecule has 66 valence electrons. The van der Waals surface area contributed by atoms with Gasteiger partial charge in [0, 0.05) is 17.8 Å². The third kappa shape index (κ3) is 2.19. The summed E-state index contributed by atoms with van der Waals surface area (Å²) in [4.78, 5) is 3.97. The van der Waals surface area contributed by atoms with Gasteiger partial charge in [0.1, 0.15) is 5.15 Å². The van der Waals surface area contributed by atoms with Gasteiger partial charge in [0.05, 0.1) is 0 Å². The van der Waals surface area contributed by atoms with Crippen molar-refractivity contribution in [1.29, 1.82) is 0 Å². The first-order valence-corrected chi connectivity index (χ1v) is 4.49. The Labute approximate surface area is 77.8 Å². The van der Waals surface area contributed by atoms with Crippen LogP contribution in [0.5, 0.6) is 0 Å². The van der Waals surface area contributed by atoms with Gasteiger partial charge >= 0.3 is 0 Å². The van der Waals surface area contributed by atoms with Crippen LogP contribution >= 0.6 is 11.6 Å². The highest BCUT2D eigenvalue weighted by molar-refractivity contribution is 6.30. The summed E-state index contributed by atoms with van der Waals surface area (Å²) in [6, 6.07) is 3.81. The smallest absolute Gasteiger partial charge is 0.133 e. The standard InChI is InChI=1S/C9H13ClN2/c1-2-4-8(11)7-5-3-6-12-9(7)10/h3,5-6,8H,2,4,11H2,1H3. The molecule has 12 heavy (non-hydrogen) atoms. The molecule has 0 radical (unpaired) electrons. The molecule has 0 saturated heterocycles. The van der Waals surface area contributed by atoms with Gasteiger partial charge in [-0.1, -0.05) is 31.0 Å². The van der Waals surface area contributed by atoms with Gasteiger partial charge < -0.3 is 5.73 Å². The van der Waals surface area contributed by atoms with E-state index in [-0.39, 0.29) is 6.04 Å². The second-order valence-corrected chi connectivity index (χ2v) is 3.14. The molecule has 0 aliphatic carbocycles. The molecule has 1 heterocycles. The van der Waals surface area contributed by atoms with Crippen molar-refractivity contribution in [1.82, 2.24) is 4.98 Å². The predicted molar refractivity (Wildman–Crippen MR) is 51.1 cm³/mol. The minimum Gasteiger partial charge on any atom is -0.324 e. The number of rotatable bonds is 3. The number of hydrogen-bond donors (Lipinski definition) is 1. The molecule has 0 aromatic carbocycles. The maximum Gasteiger partial charge on any atom is 0.133 e. The molecular formula is C9H13ClN2. The largest absolute Gasteiger partial charge is 0.324 e. The van der Waals surface area contributed by atoms with E-state index in [1.54, 1.807) is 6.20 Å². The summed E-state index contributed by atoms with van der Waals surface area (Å²) in [5.41, 5.74) is 6.83. The highest BCUT2D eigenvalue weighted by Crippen LogP contribution is 2.21. The summed E-state index contributed by atoms with van der Waals surface area (Å²) >= 11 is 5.86. The Kier molecular flexibility index (Phi) is 3.50. The molecular weight excluding hydrogens is 172 g/mol. The summed E-state index contributed by atoms with van der Waals surface area (Å²) in [6.07, 6.45) is 3.68. The molecule has 2 nitrogen and oxygen atoms in total. The van der Waals surface area contributed by atoms with E-state index in [2.05, 4.69) is 11.9 Å². The Balaban J connectivity index is 2.79. The lowest BCUT2D eigenvalue weighted by Crippen LogP contribution is -2.10. The molecule has 0 aliphatic rings. The predicted octanol–water partition coefficient (Wildman–Crippen LogP) is 2.53. The normalized spacial score (nSPS) is 12.9. The molecule has 1 unspecified atom stereocenters. The van der Waals surface area contributed by atoms with Gasteiger partial charge in [-0.3, -0.25) is 0 Å². The zero-order valence-corrected chi connectivity index (χ0v) is 7.88. The molecule has 0 aliphatic heterocycles. The molecule has 2 N–H and O–H groups in total. The first kappa shape index (κ1) is 9.49. The van der Waals surface area contributed by atoms with Crippen LogP contribution in [0.15, 0.2) is 18.3 Å². The average Bonchev–Trinajstić information content (AvgIpc) is 2.05. The van der Waals surface area contributed by atoms with Crippen molar-refractivity contribution in [3.8, 4) is 0 Å². The molecule has 1 aromatic rings. The van der Waals surface area contributed by atoms with Gasteiger partial charge in [-0.25, -0.2) is 4.98 Å². The van der Waals surface area contributed by atoms with E-state index in [0.29, 0.717) is 5.15 Å². The van der Waals surface area contributed by atoms with Crippen LogP contribution in [0.2, 0.25) is 5.15 Å². The monoisotopic (exact) mass is 184 g/mol. The molecule has 1 rings (SSSR count). The number of halogens is 1. The zero-order chi connectivity index (χ0) is 8.97. The van der Waals surface area contributed by atoms with Gasteiger partial charge in [-0.05, 0) is 12.5 Å². The Morgan fingerprint density at radius 2 is 2.42 bits per heavy atom. The maximum absolute atomic E-state index is 5.88. The van der Waals surface area contributed by atoms with Crippen molar-refractivity contribution >= 4 is 11.6 Å². The summed E-state index contributed by atoms with van der Waals surface area (Å²) in [5.74, 6) is 0. The number of pyridine rings is 1. The zero-order valence-electron chi connectivity index (χ0n) is 7.13. The molecule has 1 atom stereocenters. The number of hydrogen-bond acceptors (Lipinski definition) is 2. The Hall–Kier alpha value is -0.600. The van der Waals surface area contributed by atoms with Crippen LogP contribution in [0.3, 0.4) is 0 Å². The first-order chi connectivity index (χ1) is 5.75. The topological polar surface area (TPSA) is 38.9 Å². The minimum absolute atomic E-state index is 0.0243. The molecule has 1 aromatic heterocycles. The van der Waals surface area contributed by atoms with Crippen LogP contribution in [-0.2, 0) is 0 Å². The SMILES string of the molecule is CCCC(N)c1cccnc1Cl. The Bertz CT molecular complexity index is 250. The second-order valence-electron chi connectivity index (χ2n) is 2.78. The Morgan fingerprint density at radius 3 is 3.00 bits per heavy atom. The van der Waals surface area contributed by atoms with E-state index in [1.807, 2.05) is 12.1 Å². The van der Waals surface area contributed by atoms with E-state index in [1.165, 1.54) is 0 Å². The third-order valence-corrected chi connectivity index (χ3v) is 2.10. The van der Waals surface area contributed by atoms with Gasteiger partial charge in [0.2, 0.25) is 0 Å². The summed E-state index contributed by atoms with van der Waals surface area (Å²) in [7, 11) is 0. The van der Waals surface area contributed by atoms with Crippen molar-refractivity contribution in [3.63, 3.8) is 0 Å². The fourth-order valence-electron chi connectivity index (χ4n) is 1.14.